The Morgan fingerprint density at radius 3 is 2.16 bits per heavy atom. The summed E-state index contributed by atoms with van der Waals surface area (Å²) >= 11 is 0. The number of likely N-dealkylation sites (tertiary alicyclic amines) is 1. The number of methoxy groups -OCH3 is 3. The Bertz CT molecular complexity index is 1040. The summed E-state index contributed by atoms with van der Waals surface area (Å²) in [6, 6.07) is 12.7. The lowest BCUT2D eigenvalue weighted by Gasteiger charge is -2.20. The zero-order valence-electron chi connectivity index (χ0n) is 18.0. The number of amides is 2. The molecule has 2 aromatic carbocycles. The van der Waals surface area contributed by atoms with Crippen LogP contribution in [0.5, 0.6) is 17.2 Å². The Morgan fingerprint density at radius 1 is 0.806 bits per heavy atom. The number of ether oxygens (including phenoxy) is 3. The van der Waals surface area contributed by atoms with Gasteiger partial charge in [-0.2, -0.15) is 0 Å². The molecule has 4 rings (SSSR count). The van der Waals surface area contributed by atoms with Crippen LogP contribution in [0.2, 0.25) is 0 Å². The largest absolute Gasteiger partial charge is 0.496 e. The van der Waals surface area contributed by atoms with E-state index in [0.717, 1.165) is 31.5 Å². The number of carbonyl (C=O) groups excluding carboxylic acids is 2. The van der Waals surface area contributed by atoms with E-state index in [1.54, 1.807) is 39.5 Å². The molecule has 2 amide bonds. The second-order valence-corrected chi connectivity index (χ2v) is 7.50. The van der Waals surface area contributed by atoms with Crippen molar-refractivity contribution in [1.29, 1.82) is 0 Å². The topological polar surface area (TPSA) is 68.3 Å². The smallest absolute Gasteiger partial charge is 0.278 e. The minimum absolute atomic E-state index is 0.149. The van der Waals surface area contributed by atoms with Crippen molar-refractivity contribution in [2.45, 2.75) is 19.4 Å². The summed E-state index contributed by atoms with van der Waals surface area (Å²) in [5, 5.41) is 0. The molecular formula is C24H26N2O5. The van der Waals surface area contributed by atoms with Crippen molar-refractivity contribution in [2.24, 2.45) is 0 Å². The third-order valence-electron chi connectivity index (χ3n) is 5.76. The van der Waals surface area contributed by atoms with Gasteiger partial charge < -0.3 is 19.1 Å². The summed E-state index contributed by atoms with van der Waals surface area (Å²) < 4.78 is 16.2. The number of rotatable bonds is 7. The van der Waals surface area contributed by atoms with E-state index in [9.17, 15) is 9.59 Å². The SMILES string of the molecule is COc1ccccc1CN1C(=O)C(c2ccc(OC)c(OC)c2)=C(N2CCCC2)C1=O. The first-order valence-corrected chi connectivity index (χ1v) is 10.3. The van der Waals surface area contributed by atoms with Gasteiger partial charge >= 0.3 is 0 Å². The summed E-state index contributed by atoms with van der Waals surface area (Å²) in [5.74, 6) is 1.13. The molecule has 2 aliphatic rings. The van der Waals surface area contributed by atoms with E-state index in [0.29, 0.717) is 34.1 Å². The first-order valence-electron chi connectivity index (χ1n) is 10.3. The summed E-state index contributed by atoms with van der Waals surface area (Å²) in [6.07, 6.45) is 1.99. The van der Waals surface area contributed by atoms with Gasteiger partial charge in [0.25, 0.3) is 11.8 Å². The summed E-state index contributed by atoms with van der Waals surface area (Å²) in [4.78, 5) is 30.4. The maximum Gasteiger partial charge on any atom is 0.278 e. The second kappa shape index (κ2) is 8.71. The van der Waals surface area contributed by atoms with E-state index in [-0.39, 0.29) is 18.4 Å². The van der Waals surface area contributed by atoms with E-state index in [4.69, 9.17) is 14.2 Å². The van der Waals surface area contributed by atoms with Gasteiger partial charge in [-0.1, -0.05) is 24.3 Å². The third-order valence-corrected chi connectivity index (χ3v) is 5.76. The number of imide groups is 1. The minimum Gasteiger partial charge on any atom is -0.496 e. The molecule has 0 radical (unpaired) electrons. The standard InChI is InChI=1S/C24H26N2O5/c1-29-18-9-5-4-8-17(18)15-26-23(27)21(22(24(26)28)25-12-6-7-13-25)16-10-11-19(30-2)20(14-16)31-3/h4-5,8-11,14H,6-7,12-13,15H2,1-3H3. The van der Waals surface area contributed by atoms with Crippen LogP contribution in [0.15, 0.2) is 48.2 Å². The monoisotopic (exact) mass is 422 g/mol. The van der Waals surface area contributed by atoms with Crippen LogP contribution in [0.4, 0.5) is 0 Å². The third kappa shape index (κ3) is 3.71. The lowest BCUT2D eigenvalue weighted by atomic mass is 10.0. The molecule has 7 nitrogen and oxygen atoms in total. The lowest BCUT2D eigenvalue weighted by molar-refractivity contribution is -0.138. The van der Waals surface area contributed by atoms with Crippen LogP contribution >= 0.6 is 0 Å². The van der Waals surface area contributed by atoms with Gasteiger partial charge in [0.2, 0.25) is 0 Å². The quantitative estimate of drug-likeness (QED) is 0.639. The number of para-hydroxylation sites is 1. The van der Waals surface area contributed by atoms with Gasteiger partial charge in [0.05, 0.1) is 33.4 Å². The van der Waals surface area contributed by atoms with Crippen molar-refractivity contribution in [2.75, 3.05) is 34.4 Å². The van der Waals surface area contributed by atoms with Gasteiger partial charge in [0, 0.05) is 18.7 Å². The van der Waals surface area contributed by atoms with Gasteiger partial charge in [0.1, 0.15) is 11.4 Å². The fraction of sp³-hybridized carbons (Fsp3) is 0.333. The Labute approximate surface area is 181 Å². The molecule has 0 aromatic heterocycles. The van der Waals surface area contributed by atoms with E-state index >= 15 is 0 Å². The number of benzene rings is 2. The molecule has 0 atom stereocenters. The fourth-order valence-corrected chi connectivity index (χ4v) is 4.20. The normalized spacial score (nSPS) is 16.4. The van der Waals surface area contributed by atoms with Crippen molar-refractivity contribution >= 4 is 17.4 Å². The van der Waals surface area contributed by atoms with Gasteiger partial charge in [-0.25, -0.2) is 0 Å². The summed E-state index contributed by atoms with van der Waals surface area (Å²) in [5.41, 5.74) is 2.29. The molecule has 162 valence electrons. The molecule has 0 N–H and O–H groups in total. The maximum atomic E-state index is 13.5. The molecular weight excluding hydrogens is 396 g/mol. The van der Waals surface area contributed by atoms with Crippen molar-refractivity contribution in [3.63, 3.8) is 0 Å². The van der Waals surface area contributed by atoms with E-state index in [1.807, 2.05) is 29.2 Å². The lowest BCUT2D eigenvalue weighted by Crippen LogP contribution is -2.34. The molecule has 1 saturated heterocycles. The average Bonchev–Trinajstić information content (AvgIpc) is 3.41. The van der Waals surface area contributed by atoms with Crippen molar-refractivity contribution in [3.05, 3.63) is 59.3 Å². The molecule has 2 heterocycles. The number of hydrogen-bond acceptors (Lipinski definition) is 6. The van der Waals surface area contributed by atoms with Crippen LogP contribution in [0, 0.1) is 0 Å². The van der Waals surface area contributed by atoms with Crippen LogP contribution in [-0.4, -0.2) is 56.0 Å². The molecule has 2 aromatic rings. The van der Waals surface area contributed by atoms with Gasteiger partial charge in [0.15, 0.2) is 11.5 Å². The van der Waals surface area contributed by atoms with E-state index in [2.05, 4.69) is 0 Å². The molecule has 0 aliphatic carbocycles. The number of carbonyl (C=O) groups is 2. The summed E-state index contributed by atoms with van der Waals surface area (Å²) in [7, 11) is 4.69. The molecule has 0 bridgehead atoms. The van der Waals surface area contributed by atoms with Crippen LogP contribution in [0.3, 0.4) is 0 Å². The molecule has 0 unspecified atom stereocenters. The molecule has 0 spiro atoms. The number of nitrogens with zero attached hydrogens (tertiary/aromatic N) is 2. The van der Waals surface area contributed by atoms with Crippen molar-refractivity contribution in [3.8, 4) is 17.2 Å². The van der Waals surface area contributed by atoms with Gasteiger partial charge in [-0.15, -0.1) is 0 Å². The first-order chi connectivity index (χ1) is 15.1. The molecule has 2 aliphatic heterocycles. The fourth-order valence-electron chi connectivity index (χ4n) is 4.20. The van der Waals surface area contributed by atoms with Crippen molar-refractivity contribution in [1.82, 2.24) is 9.80 Å². The van der Waals surface area contributed by atoms with E-state index < -0.39 is 0 Å². The van der Waals surface area contributed by atoms with Gasteiger partial charge in [-0.05, 0) is 36.6 Å². The second-order valence-electron chi connectivity index (χ2n) is 7.50. The summed E-state index contributed by atoms with van der Waals surface area (Å²) in [6.45, 7) is 1.66. The maximum absolute atomic E-state index is 13.5. The van der Waals surface area contributed by atoms with Crippen LogP contribution in [-0.2, 0) is 16.1 Å². The van der Waals surface area contributed by atoms with Crippen LogP contribution in [0.25, 0.3) is 5.57 Å². The predicted molar refractivity (Wildman–Crippen MR) is 116 cm³/mol. The highest BCUT2D eigenvalue weighted by Gasteiger charge is 2.42. The van der Waals surface area contributed by atoms with Crippen LogP contribution < -0.4 is 14.2 Å². The average molecular weight is 422 g/mol. The predicted octanol–water partition coefficient (Wildman–Crippen LogP) is 3.09. The molecule has 1 fully saturated rings. The minimum atomic E-state index is -0.315. The van der Waals surface area contributed by atoms with Crippen LogP contribution in [0.1, 0.15) is 24.0 Å². The Kier molecular flexibility index (Phi) is 5.84. The zero-order chi connectivity index (χ0) is 22.0. The molecule has 31 heavy (non-hydrogen) atoms. The first kappa shape index (κ1) is 20.8. The Morgan fingerprint density at radius 2 is 1.48 bits per heavy atom. The highest BCUT2D eigenvalue weighted by atomic mass is 16.5. The number of hydrogen-bond donors (Lipinski definition) is 0. The van der Waals surface area contributed by atoms with Gasteiger partial charge in [-0.3, -0.25) is 14.5 Å². The van der Waals surface area contributed by atoms with Crippen molar-refractivity contribution < 1.29 is 23.8 Å². The molecule has 7 heteroatoms. The van der Waals surface area contributed by atoms with E-state index in [1.165, 1.54) is 4.90 Å². The Hall–Kier alpha value is -3.48. The highest BCUT2D eigenvalue weighted by molar-refractivity contribution is 6.35. The Balaban J connectivity index is 1.77. The zero-order valence-corrected chi connectivity index (χ0v) is 18.0. The highest BCUT2D eigenvalue weighted by Crippen LogP contribution is 2.38. The molecule has 0 saturated carbocycles.